The molecular weight excluding hydrogens is 288 g/mol. The number of amides is 2. The van der Waals surface area contributed by atoms with Crippen molar-refractivity contribution in [2.24, 2.45) is 0 Å². The number of carbonyl (C=O) groups is 2. The average molecular weight is 304 g/mol. The molecule has 2 aromatic rings. The zero-order valence-electron chi connectivity index (χ0n) is 11.5. The molecule has 0 radical (unpaired) electrons. The molecule has 110 valence electrons. The molecule has 0 saturated heterocycles. The maximum Gasteiger partial charge on any atom is 0.279 e. The Hall–Kier alpha value is -2.08. The van der Waals surface area contributed by atoms with Crippen LogP contribution in [0.2, 0.25) is 0 Å². The van der Waals surface area contributed by atoms with Gasteiger partial charge in [-0.2, -0.15) is 0 Å². The van der Waals surface area contributed by atoms with Crippen molar-refractivity contribution >= 4 is 23.2 Å². The summed E-state index contributed by atoms with van der Waals surface area (Å²) in [5.41, 5.74) is 6.48. The predicted octanol–water partition coefficient (Wildman–Crippen LogP) is 2.68. The smallest absolute Gasteiger partial charge is 0.279 e. The van der Waals surface area contributed by atoms with Gasteiger partial charge in [0.2, 0.25) is 0 Å². The van der Waals surface area contributed by atoms with E-state index in [2.05, 4.69) is 10.9 Å². The molecule has 21 heavy (non-hydrogen) atoms. The van der Waals surface area contributed by atoms with Crippen LogP contribution in [0.3, 0.4) is 0 Å². The van der Waals surface area contributed by atoms with Gasteiger partial charge in [-0.1, -0.05) is 6.42 Å². The van der Waals surface area contributed by atoms with E-state index in [4.69, 9.17) is 4.42 Å². The normalized spacial score (nSPS) is 14.1. The number of hydrogen-bond donors (Lipinski definition) is 2. The molecule has 1 aliphatic rings. The molecule has 0 bridgehead atoms. The number of fused-ring (bicyclic) bond motifs is 1. The van der Waals surface area contributed by atoms with Gasteiger partial charge in [-0.05, 0) is 43.4 Å². The molecule has 2 aromatic heterocycles. The Bertz CT molecular complexity index is 622. The first-order valence-corrected chi connectivity index (χ1v) is 7.80. The van der Waals surface area contributed by atoms with E-state index in [1.54, 1.807) is 0 Å². The van der Waals surface area contributed by atoms with Crippen molar-refractivity contribution in [3.8, 4) is 0 Å². The van der Waals surface area contributed by atoms with Gasteiger partial charge >= 0.3 is 0 Å². The van der Waals surface area contributed by atoms with E-state index in [1.165, 1.54) is 59.6 Å². The third kappa shape index (κ3) is 3.16. The van der Waals surface area contributed by atoms with Gasteiger partial charge in [0.15, 0.2) is 0 Å². The molecule has 0 unspecified atom stereocenters. The minimum absolute atomic E-state index is 0.273. The van der Waals surface area contributed by atoms with Crippen LogP contribution in [0.5, 0.6) is 0 Å². The van der Waals surface area contributed by atoms with Crippen LogP contribution in [0.4, 0.5) is 0 Å². The van der Waals surface area contributed by atoms with Gasteiger partial charge in [0, 0.05) is 4.88 Å². The summed E-state index contributed by atoms with van der Waals surface area (Å²) in [6.07, 6.45) is 8.45. The van der Waals surface area contributed by atoms with E-state index in [0.717, 1.165) is 12.8 Å². The highest BCUT2D eigenvalue weighted by Gasteiger charge is 2.17. The summed E-state index contributed by atoms with van der Waals surface area (Å²) in [4.78, 5) is 25.7. The van der Waals surface area contributed by atoms with Crippen LogP contribution in [0, 0.1) is 0 Å². The lowest BCUT2D eigenvalue weighted by molar-refractivity contribution is 0.0848. The topological polar surface area (TPSA) is 71.3 Å². The molecule has 5 nitrogen and oxygen atoms in total. The number of hydrogen-bond acceptors (Lipinski definition) is 4. The molecule has 0 atom stereocenters. The number of nitrogens with one attached hydrogen (secondary N) is 2. The summed E-state index contributed by atoms with van der Waals surface area (Å²) in [6.45, 7) is 0. The Morgan fingerprint density at radius 3 is 2.71 bits per heavy atom. The second-order valence-electron chi connectivity index (χ2n) is 5.04. The largest absolute Gasteiger partial charge is 0.472 e. The monoisotopic (exact) mass is 304 g/mol. The molecule has 0 aliphatic heterocycles. The Kier molecular flexibility index (Phi) is 4.06. The van der Waals surface area contributed by atoms with Crippen LogP contribution in [0.25, 0.3) is 0 Å². The molecule has 0 spiro atoms. The van der Waals surface area contributed by atoms with Crippen LogP contribution >= 0.6 is 11.3 Å². The summed E-state index contributed by atoms with van der Waals surface area (Å²) in [6, 6.07) is 3.49. The lowest BCUT2D eigenvalue weighted by atomic mass is 10.1. The molecular formula is C15H16N2O3S. The average Bonchev–Trinajstić information content (AvgIpc) is 3.11. The van der Waals surface area contributed by atoms with Crippen LogP contribution < -0.4 is 10.9 Å². The maximum atomic E-state index is 12.1. The molecule has 0 saturated carbocycles. The quantitative estimate of drug-likeness (QED) is 0.662. The van der Waals surface area contributed by atoms with Crippen molar-refractivity contribution in [2.45, 2.75) is 32.1 Å². The van der Waals surface area contributed by atoms with Gasteiger partial charge in [0.05, 0.1) is 16.7 Å². The molecule has 2 N–H and O–H groups in total. The number of furan rings is 1. The summed E-state index contributed by atoms with van der Waals surface area (Å²) in [5, 5.41) is 0. The van der Waals surface area contributed by atoms with Crippen molar-refractivity contribution in [2.75, 3.05) is 0 Å². The fourth-order valence-corrected chi connectivity index (χ4v) is 3.57. The van der Waals surface area contributed by atoms with Crippen molar-refractivity contribution in [3.63, 3.8) is 0 Å². The summed E-state index contributed by atoms with van der Waals surface area (Å²) < 4.78 is 4.82. The molecule has 3 rings (SSSR count). The number of carbonyl (C=O) groups excluding carboxylic acids is 2. The van der Waals surface area contributed by atoms with E-state index in [9.17, 15) is 9.59 Å². The number of rotatable bonds is 2. The van der Waals surface area contributed by atoms with Crippen LogP contribution in [0.1, 0.15) is 49.7 Å². The van der Waals surface area contributed by atoms with Crippen molar-refractivity contribution in [1.29, 1.82) is 0 Å². The van der Waals surface area contributed by atoms with E-state index in [-0.39, 0.29) is 5.91 Å². The minimum atomic E-state index is -0.393. The molecule has 2 heterocycles. The number of thiophene rings is 1. The highest BCUT2D eigenvalue weighted by atomic mass is 32.1. The van der Waals surface area contributed by atoms with Gasteiger partial charge < -0.3 is 4.42 Å². The van der Waals surface area contributed by atoms with Crippen LogP contribution in [-0.4, -0.2) is 11.8 Å². The van der Waals surface area contributed by atoms with Gasteiger partial charge in [-0.15, -0.1) is 11.3 Å². The molecule has 6 heteroatoms. The molecule has 1 aliphatic carbocycles. The highest BCUT2D eigenvalue weighted by Crippen LogP contribution is 2.28. The van der Waals surface area contributed by atoms with Gasteiger partial charge in [0.1, 0.15) is 6.26 Å². The second kappa shape index (κ2) is 6.13. The predicted molar refractivity (Wildman–Crippen MR) is 79.2 cm³/mol. The van der Waals surface area contributed by atoms with Crippen molar-refractivity contribution < 1.29 is 14.0 Å². The van der Waals surface area contributed by atoms with E-state index >= 15 is 0 Å². The fraction of sp³-hybridized carbons (Fsp3) is 0.333. The Morgan fingerprint density at radius 2 is 1.90 bits per heavy atom. The maximum absolute atomic E-state index is 12.1. The Morgan fingerprint density at radius 1 is 1.10 bits per heavy atom. The number of hydrazine groups is 1. The van der Waals surface area contributed by atoms with E-state index < -0.39 is 5.91 Å². The van der Waals surface area contributed by atoms with Crippen LogP contribution in [0.15, 0.2) is 29.1 Å². The first-order valence-electron chi connectivity index (χ1n) is 6.98. The minimum Gasteiger partial charge on any atom is -0.472 e. The zero-order chi connectivity index (χ0) is 14.7. The SMILES string of the molecule is O=C(NNC(=O)c1cc2c(s1)CCCCC2)c1ccoc1. The Labute approximate surface area is 126 Å². The van der Waals surface area contributed by atoms with Gasteiger partial charge in [-0.25, -0.2) is 0 Å². The molecule has 0 fully saturated rings. The number of aryl methyl sites for hydroxylation is 2. The summed E-state index contributed by atoms with van der Waals surface area (Å²) in [7, 11) is 0. The van der Waals surface area contributed by atoms with Crippen LogP contribution in [-0.2, 0) is 12.8 Å². The fourth-order valence-electron chi connectivity index (χ4n) is 2.42. The second-order valence-corrected chi connectivity index (χ2v) is 6.18. The first kappa shape index (κ1) is 13.9. The first-order chi connectivity index (χ1) is 10.2. The summed E-state index contributed by atoms with van der Waals surface area (Å²) in [5.74, 6) is -0.667. The zero-order valence-corrected chi connectivity index (χ0v) is 12.3. The van der Waals surface area contributed by atoms with Gasteiger partial charge in [-0.3, -0.25) is 20.4 Å². The Balaban J connectivity index is 1.62. The highest BCUT2D eigenvalue weighted by molar-refractivity contribution is 7.14. The molecule has 0 aromatic carbocycles. The standard InChI is InChI=1S/C15H16N2O3S/c18-14(11-6-7-20-9-11)16-17-15(19)13-8-10-4-2-1-3-5-12(10)21-13/h6-9H,1-5H2,(H,16,18)(H,17,19). The molecule has 2 amide bonds. The third-order valence-corrected chi connectivity index (χ3v) is 4.78. The van der Waals surface area contributed by atoms with E-state index in [0.29, 0.717) is 10.4 Å². The van der Waals surface area contributed by atoms with Gasteiger partial charge in [0.25, 0.3) is 11.8 Å². The third-order valence-electron chi connectivity index (χ3n) is 3.54. The summed E-state index contributed by atoms with van der Waals surface area (Å²) >= 11 is 1.52. The van der Waals surface area contributed by atoms with Crippen molar-refractivity contribution in [1.82, 2.24) is 10.9 Å². The van der Waals surface area contributed by atoms with Crippen molar-refractivity contribution in [3.05, 3.63) is 45.5 Å². The lowest BCUT2D eigenvalue weighted by Crippen LogP contribution is -2.41. The van der Waals surface area contributed by atoms with E-state index in [1.807, 2.05) is 6.07 Å². The lowest BCUT2D eigenvalue weighted by Gasteiger charge is -2.04.